The summed E-state index contributed by atoms with van der Waals surface area (Å²) in [7, 11) is 0. The van der Waals surface area contributed by atoms with E-state index < -0.39 is 0 Å². The summed E-state index contributed by atoms with van der Waals surface area (Å²) >= 11 is 0. The number of fused-ring (bicyclic) bond motifs is 1. The lowest BCUT2D eigenvalue weighted by atomic mass is 9.70. The number of rotatable bonds is 3. The van der Waals surface area contributed by atoms with Gasteiger partial charge in [-0.05, 0) is 67.7 Å². The fraction of sp³-hybridized carbons (Fsp3) is 0.600. The standard InChI is InChI=1S/C20H26N2O4/c23-18(22(25)13-14-4-9-26-10-5-14)16-2-1-15-3-6-20(12-17(15)11-16)7-8-21-19(20)24/h1-2,11,14,25H,3-10,12-13H2,(H,21,24)/t20-/m0/s1. The van der Waals surface area contributed by atoms with Crippen molar-refractivity contribution in [1.82, 2.24) is 10.4 Å². The quantitative estimate of drug-likeness (QED) is 0.639. The Bertz CT molecular complexity index is 714. The molecule has 2 heterocycles. The molecule has 1 spiro atoms. The molecule has 0 saturated carbocycles. The largest absolute Gasteiger partial charge is 0.381 e. The predicted octanol–water partition coefficient (Wildman–Crippen LogP) is 1.94. The van der Waals surface area contributed by atoms with Crippen LogP contribution in [-0.2, 0) is 22.4 Å². The van der Waals surface area contributed by atoms with Crippen LogP contribution in [-0.4, -0.2) is 48.4 Å². The molecule has 3 aliphatic rings. The molecule has 6 heteroatoms. The molecule has 2 saturated heterocycles. The van der Waals surface area contributed by atoms with Gasteiger partial charge in [0.25, 0.3) is 5.91 Å². The molecule has 2 amide bonds. The summed E-state index contributed by atoms with van der Waals surface area (Å²) in [5.41, 5.74) is 2.46. The maximum Gasteiger partial charge on any atom is 0.277 e. The van der Waals surface area contributed by atoms with Crippen LogP contribution in [0.1, 0.15) is 47.2 Å². The van der Waals surface area contributed by atoms with Gasteiger partial charge in [-0.2, -0.15) is 0 Å². The summed E-state index contributed by atoms with van der Waals surface area (Å²) in [5.74, 6) is 0.0544. The van der Waals surface area contributed by atoms with Crippen LogP contribution in [0.2, 0.25) is 0 Å². The van der Waals surface area contributed by atoms with E-state index in [-0.39, 0.29) is 23.1 Å². The van der Waals surface area contributed by atoms with Gasteiger partial charge in [-0.25, -0.2) is 5.06 Å². The predicted molar refractivity (Wildman–Crippen MR) is 94.9 cm³/mol. The van der Waals surface area contributed by atoms with Crippen molar-refractivity contribution in [3.8, 4) is 0 Å². The topological polar surface area (TPSA) is 78.9 Å². The average molecular weight is 358 g/mol. The van der Waals surface area contributed by atoms with Gasteiger partial charge in [0.2, 0.25) is 5.91 Å². The van der Waals surface area contributed by atoms with Gasteiger partial charge < -0.3 is 10.1 Å². The third kappa shape index (κ3) is 3.23. The van der Waals surface area contributed by atoms with E-state index in [2.05, 4.69) is 5.32 Å². The Hall–Kier alpha value is -1.92. The molecule has 2 aliphatic heterocycles. The van der Waals surface area contributed by atoms with Crippen LogP contribution >= 0.6 is 0 Å². The minimum Gasteiger partial charge on any atom is -0.381 e. The minimum atomic E-state index is -0.366. The molecular formula is C20H26N2O4. The van der Waals surface area contributed by atoms with E-state index in [9.17, 15) is 14.8 Å². The maximum absolute atomic E-state index is 12.6. The Kier molecular flexibility index (Phi) is 4.71. The second-order valence-electron chi connectivity index (χ2n) is 7.89. The van der Waals surface area contributed by atoms with Crippen molar-refractivity contribution in [1.29, 1.82) is 0 Å². The molecule has 1 aromatic carbocycles. The van der Waals surface area contributed by atoms with Crippen molar-refractivity contribution < 1.29 is 19.5 Å². The number of nitrogens with zero attached hydrogens (tertiary/aromatic N) is 1. The number of hydrogen-bond donors (Lipinski definition) is 2. The Labute approximate surface area is 153 Å². The highest BCUT2D eigenvalue weighted by molar-refractivity contribution is 5.94. The SMILES string of the molecule is O=C(c1ccc2c(c1)C[C@@]1(CCNC1=O)CC2)N(O)CC1CCOCC1. The Balaban J connectivity index is 1.48. The summed E-state index contributed by atoms with van der Waals surface area (Å²) in [5, 5.41) is 14.0. The first-order valence-electron chi connectivity index (χ1n) is 9.56. The summed E-state index contributed by atoms with van der Waals surface area (Å²) < 4.78 is 5.33. The second kappa shape index (κ2) is 7.00. The molecule has 0 bridgehead atoms. The summed E-state index contributed by atoms with van der Waals surface area (Å²) in [6.45, 7) is 2.46. The highest BCUT2D eigenvalue weighted by Gasteiger charge is 2.44. The minimum absolute atomic E-state index is 0.142. The highest BCUT2D eigenvalue weighted by atomic mass is 16.5. The van der Waals surface area contributed by atoms with E-state index in [0.29, 0.717) is 31.7 Å². The molecule has 0 radical (unpaired) electrons. The number of aryl methyl sites for hydroxylation is 1. The number of carbonyl (C=O) groups excluding carboxylic acids is 2. The van der Waals surface area contributed by atoms with E-state index in [1.165, 1.54) is 5.56 Å². The van der Waals surface area contributed by atoms with Crippen LogP contribution in [0.4, 0.5) is 0 Å². The number of nitrogens with one attached hydrogen (secondary N) is 1. The number of amides is 2. The van der Waals surface area contributed by atoms with Gasteiger partial charge in [-0.3, -0.25) is 14.8 Å². The Morgan fingerprint density at radius 3 is 2.81 bits per heavy atom. The normalized spacial score (nSPS) is 25.8. The fourth-order valence-corrected chi connectivity index (χ4v) is 4.52. The van der Waals surface area contributed by atoms with Crippen LogP contribution in [0.3, 0.4) is 0 Å². The molecule has 0 aromatic heterocycles. The van der Waals surface area contributed by atoms with Gasteiger partial charge in [-0.15, -0.1) is 0 Å². The zero-order valence-electron chi connectivity index (χ0n) is 15.0. The molecule has 6 nitrogen and oxygen atoms in total. The van der Waals surface area contributed by atoms with Crippen LogP contribution in [0.25, 0.3) is 0 Å². The summed E-state index contributed by atoms with van der Waals surface area (Å²) in [6.07, 6.45) is 5.01. The number of carbonyl (C=O) groups is 2. The Morgan fingerprint density at radius 1 is 1.27 bits per heavy atom. The molecular weight excluding hydrogens is 332 g/mol. The smallest absolute Gasteiger partial charge is 0.277 e. The van der Waals surface area contributed by atoms with Crippen molar-refractivity contribution in [3.05, 3.63) is 34.9 Å². The van der Waals surface area contributed by atoms with Crippen LogP contribution < -0.4 is 5.32 Å². The first-order chi connectivity index (χ1) is 12.6. The average Bonchev–Trinajstić information content (AvgIpc) is 3.01. The van der Waals surface area contributed by atoms with Crippen LogP contribution in [0.5, 0.6) is 0 Å². The van der Waals surface area contributed by atoms with Gasteiger partial charge >= 0.3 is 0 Å². The summed E-state index contributed by atoms with van der Waals surface area (Å²) in [6, 6.07) is 5.64. The first kappa shape index (κ1) is 17.5. The first-order valence-corrected chi connectivity index (χ1v) is 9.56. The molecule has 2 fully saturated rings. The lowest BCUT2D eigenvalue weighted by Gasteiger charge is -2.32. The third-order valence-electron chi connectivity index (χ3n) is 6.23. The van der Waals surface area contributed by atoms with Crippen molar-refractivity contribution in [2.75, 3.05) is 26.3 Å². The molecule has 1 atom stereocenters. The van der Waals surface area contributed by atoms with Gasteiger partial charge in [0.1, 0.15) is 0 Å². The molecule has 4 rings (SSSR count). The monoisotopic (exact) mass is 358 g/mol. The summed E-state index contributed by atoms with van der Waals surface area (Å²) in [4.78, 5) is 24.9. The number of ether oxygens (including phenoxy) is 1. The van der Waals surface area contributed by atoms with E-state index in [0.717, 1.165) is 49.3 Å². The Morgan fingerprint density at radius 2 is 2.08 bits per heavy atom. The maximum atomic E-state index is 12.6. The van der Waals surface area contributed by atoms with Gasteiger partial charge in [-0.1, -0.05) is 6.07 Å². The number of hydrogen-bond acceptors (Lipinski definition) is 4. The lowest BCUT2D eigenvalue weighted by Crippen LogP contribution is -2.37. The zero-order chi connectivity index (χ0) is 18.1. The van der Waals surface area contributed by atoms with Crippen molar-refractivity contribution in [3.63, 3.8) is 0 Å². The molecule has 1 aliphatic carbocycles. The highest BCUT2D eigenvalue weighted by Crippen LogP contribution is 2.41. The van der Waals surface area contributed by atoms with Gasteiger partial charge in [0.05, 0.1) is 12.0 Å². The van der Waals surface area contributed by atoms with E-state index in [4.69, 9.17) is 4.74 Å². The van der Waals surface area contributed by atoms with Crippen molar-refractivity contribution >= 4 is 11.8 Å². The van der Waals surface area contributed by atoms with Crippen molar-refractivity contribution in [2.45, 2.75) is 38.5 Å². The molecule has 0 unspecified atom stereocenters. The van der Waals surface area contributed by atoms with Crippen LogP contribution in [0.15, 0.2) is 18.2 Å². The second-order valence-corrected chi connectivity index (χ2v) is 7.89. The van der Waals surface area contributed by atoms with E-state index in [1.807, 2.05) is 12.1 Å². The zero-order valence-corrected chi connectivity index (χ0v) is 15.0. The van der Waals surface area contributed by atoms with E-state index in [1.54, 1.807) is 6.07 Å². The number of hydroxylamine groups is 2. The molecule has 140 valence electrons. The third-order valence-corrected chi connectivity index (χ3v) is 6.23. The van der Waals surface area contributed by atoms with Crippen LogP contribution in [0, 0.1) is 11.3 Å². The molecule has 2 N–H and O–H groups in total. The van der Waals surface area contributed by atoms with Crippen molar-refractivity contribution in [2.24, 2.45) is 11.3 Å². The molecule has 1 aromatic rings. The van der Waals surface area contributed by atoms with Gasteiger partial charge in [0.15, 0.2) is 0 Å². The van der Waals surface area contributed by atoms with E-state index >= 15 is 0 Å². The fourth-order valence-electron chi connectivity index (χ4n) is 4.52. The number of benzene rings is 1. The molecule has 26 heavy (non-hydrogen) atoms. The lowest BCUT2D eigenvalue weighted by molar-refractivity contribution is -0.128. The van der Waals surface area contributed by atoms with Gasteiger partial charge in [0, 0.05) is 25.3 Å².